The first-order valence-corrected chi connectivity index (χ1v) is 11.2. The molecule has 1 aliphatic carbocycles. The zero-order valence-electron chi connectivity index (χ0n) is 17.8. The van der Waals surface area contributed by atoms with Gasteiger partial charge in [0.25, 0.3) is 0 Å². The molecule has 3 rings (SSSR count). The molecule has 1 saturated carbocycles. The largest absolute Gasteiger partial charge is 0.384 e. The average Bonchev–Trinajstić information content (AvgIpc) is 3.57. The summed E-state index contributed by atoms with van der Waals surface area (Å²) in [5.41, 5.74) is 2.42. The predicted molar refractivity (Wildman–Crippen MR) is 119 cm³/mol. The van der Waals surface area contributed by atoms with E-state index in [-0.39, 0.29) is 17.9 Å². The van der Waals surface area contributed by atoms with Crippen LogP contribution in [0, 0.1) is 5.92 Å². The van der Waals surface area contributed by atoms with Crippen LogP contribution in [-0.2, 0) is 11.3 Å². The number of benzene rings is 2. The number of rotatable bonds is 12. The fourth-order valence-corrected chi connectivity index (χ4v) is 4.12. The number of carbonyl (C=O) groups is 1. The second-order valence-electron chi connectivity index (χ2n) is 8.51. The van der Waals surface area contributed by atoms with E-state index in [2.05, 4.69) is 67.3 Å². The van der Waals surface area contributed by atoms with E-state index < -0.39 is 6.10 Å². The van der Waals surface area contributed by atoms with Crippen molar-refractivity contribution in [1.82, 2.24) is 4.90 Å². The van der Waals surface area contributed by atoms with Gasteiger partial charge in [0, 0.05) is 25.0 Å². The first kappa shape index (κ1) is 21.7. The summed E-state index contributed by atoms with van der Waals surface area (Å²) >= 11 is 0. The second-order valence-corrected chi connectivity index (χ2v) is 8.51. The van der Waals surface area contributed by atoms with Crippen LogP contribution in [0.1, 0.15) is 69.5 Å². The first-order valence-electron chi connectivity index (χ1n) is 11.2. The Labute approximate surface area is 175 Å². The number of unbranched alkanes of at least 4 members (excludes halogenated alkanes) is 1. The van der Waals surface area contributed by atoms with Crippen molar-refractivity contribution in [3.8, 4) is 0 Å². The van der Waals surface area contributed by atoms with Gasteiger partial charge < -0.3 is 5.11 Å². The number of hydrogen-bond donors (Lipinski definition) is 1. The van der Waals surface area contributed by atoms with Gasteiger partial charge in [-0.25, -0.2) is 0 Å². The Hall–Kier alpha value is -1.97. The Balaban J connectivity index is 1.88. The van der Waals surface area contributed by atoms with Crippen molar-refractivity contribution in [3.05, 3.63) is 71.8 Å². The Morgan fingerprint density at radius 1 is 1.07 bits per heavy atom. The van der Waals surface area contributed by atoms with Crippen LogP contribution in [0.2, 0.25) is 0 Å². The maximum absolute atomic E-state index is 12.8. The van der Waals surface area contributed by atoms with Crippen LogP contribution in [0.5, 0.6) is 0 Å². The Bertz CT molecular complexity index is 742. The summed E-state index contributed by atoms with van der Waals surface area (Å²) < 4.78 is 0. The molecule has 0 amide bonds. The molecule has 0 unspecified atom stereocenters. The van der Waals surface area contributed by atoms with Gasteiger partial charge in [-0.05, 0) is 43.2 Å². The third-order valence-corrected chi connectivity index (χ3v) is 6.15. The van der Waals surface area contributed by atoms with E-state index in [4.69, 9.17) is 0 Å². The highest BCUT2D eigenvalue weighted by Gasteiger charge is 2.36. The molecule has 1 aliphatic rings. The molecule has 0 saturated heterocycles. The number of hydrogen-bond acceptors (Lipinski definition) is 3. The maximum atomic E-state index is 12.8. The van der Waals surface area contributed by atoms with Crippen molar-refractivity contribution in [1.29, 1.82) is 0 Å². The molecule has 1 fully saturated rings. The number of aliphatic hydroxyl groups is 1. The van der Waals surface area contributed by atoms with Gasteiger partial charge in [0.1, 0.15) is 6.10 Å². The highest BCUT2D eigenvalue weighted by molar-refractivity contribution is 5.84. The molecule has 0 bridgehead atoms. The van der Waals surface area contributed by atoms with E-state index in [0.717, 1.165) is 38.6 Å². The van der Waals surface area contributed by atoms with E-state index in [1.807, 2.05) is 12.1 Å². The Morgan fingerprint density at radius 2 is 1.69 bits per heavy atom. The van der Waals surface area contributed by atoms with Crippen LogP contribution in [0.15, 0.2) is 60.7 Å². The van der Waals surface area contributed by atoms with Crippen molar-refractivity contribution < 1.29 is 9.90 Å². The third kappa shape index (κ3) is 6.25. The van der Waals surface area contributed by atoms with E-state index in [1.165, 1.54) is 11.1 Å². The Morgan fingerprint density at radius 3 is 2.28 bits per heavy atom. The molecule has 0 aliphatic heterocycles. The molecule has 3 heteroatoms. The predicted octanol–water partition coefficient (Wildman–Crippen LogP) is 5.54. The Kier molecular flexibility index (Phi) is 8.02. The summed E-state index contributed by atoms with van der Waals surface area (Å²) in [5, 5.41) is 11.1. The summed E-state index contributed by atoms with van der Waals surface area (Å²) in [6.45, 7) is 5.08. The van der Waals surface area contributed by atoms with Crippen LogP contribution in [0.25, 0.3) is 0 Å². The average molecular weight is 394 g/mol. The normalized spacial score (nSPS) is 17.1. The zero-order chi connectivity index (χ0) is 20.6. The van der Waals surface area contributed by atoms with Gasteiger partial charge in [-0.2, -0.15) is 0 Å². The molecule has 29 heavy (non-hydrogen) atoms. The molecule has 0 aromatic heterocycles. The molecule has 3 atom stereocenters. The van der Waals surface area contributed by atoms with Crippen LogP contribution in [0.3, 0.4) is 0 Å². The first-order chi connectivity index (χ1) is 14.1. The standard InChI is InChI=1S/C26H35NO2/c1-3-4-15-24(26(29)25(28)18-21-16-17-21)27(19-22-11-7-5-8-12-22)20(2)23-13-9-6-10-14-23/h5-14,20-21,24,26,29H,3-4,15-19H2,1-2H3/t20-,24-,26-/m0/s1. The molecule has 2 aromatic carbocycles. The molecule has 156 valence electrons. The van der Waals surface area contributed by atoms with Gasteiger partial charge in [-0.1, -0.05) is 80.4 Å². The van der Waals surface area contributed by atoms with Gasteiger partial charge in [0.2, 0.25) is 0 Å². The summed E-state index contributed by atoms with van der Waals surface area (Å²) in [6, 6.07) is 20.7. The van der Waals surface area contributed by atoms with Gasteiger partial charge in [0.15, 0.2) is 5.78 Å². The number of Topliss-reactive ketones (excluding diaryl/α,β-unsaturated/α-hetero) is 1. The molecule has 1 N–H and O–H groups in total. The van der Waals surface area contributed by atoms with Crippen LogP contribution < -0.4 is 0 Å². The lowest BCUT2D eigenvalue weighted by Crippen LogP contribution is -2.48. The minimum Gasteiger partial charge on any atom is -0.384 e. The van der Waals surface area contributed by atoms with Gasteiger partial charge in [-0.3, -0.25) is 9.69 Å². The molecule has 0 spiro atoms. The highest BCUT2D eigenvalue weighted by Crippen LogP contribution is 2.34. The van der Waals surface area contributed by atoms with Crippen molar-refractivity contribution in [3.63, 3.8) is 0 Å². The minimum absolute atomic E-state index is 0.0203. The van der Waals surface area contributed by atoms with Gasteiger partial charge in [0.05, 0.1) is 0 Å². The second kappa shape index (κ2) is 10.7. The quantitative estimate of drug-likeness (QED) is 0.515. The fourth-order valence-electron chi connectivity index (χ4n) is 4.12. The molecule has 3 nitrogen and oxygen atoms in total. The topological polar surface area (TPSA) is 40.5 Å². The van der Waals surface area contributed by atoms with Crippen molar-refractivity contribution in [2.45, 2.75) is 77.1 Å². The van der Waals surface area contributed by atoms with Crippen molar-refractivity contribution in [2.24, 2.45) is 5.92 Å². The van der Waals surface area contributed by atoms with Crippen molar-refractivity contribution >= 4 is 5.78 Å². The zero-order valence-corrected chi connectivity index (χ0v) is 17.8. The lowest BCUT2D eigenvalue weighted by atomic mass is 9.93. The van der Waals surface area contributed by atoms with E-state index in [1.54, 1.807) is 0 Å². The number of carbonyl (C=O) groups excluding carboxylic acids is 1. The van der Waals surface area contributed by atoms with Crippen LogP contribution in [0.4, 0.5) is 0 Å². The highest BCUT2D eigenvalue weighted by atomic mass is 16.3. The number of ketones is 1. The molecule has 0 heterocycles. The summed E-state index contributed by atoms with van der Waals surface area (Å²) in [5.74, 6) is 0.519. The minimum atomic E-state index is -0.919. The molecular weight excluding hydrogens is 358 g/mol. The lowest BCUT2D eigenvalue weighted by Gasteiger charge is -2.39. The smallest absolute Gasteiger partial charge is 0.163 e. The molecular formula is C26H35NO2. The fraction of sp³-hybridized carbons (Fsp3) is 0.500. The molecule has 0 radical (unpaired) electrons. The summed E-state index contributed by atoms with van der Waals surface area (Å²) in [7, 11) is 0. The summed E-state index contributed by atoms with van der Waals surface area (Å²) in [4.78, 5) is 15.2. The van der Waals surface area contributed by atoms with E-state index in [0.29, 0.717) is 12.3 Å². The van der Waals surface area contributed by atoms with Crippen LogP contribution in [-0.4, -0.2) is 27.9 Å². The summed E-state index contributed by atoms with van der Waals surface area (Å²) in [6.07, 6.45) is 4.76. The molecule has 2 aromatic rings. The maximum Gasteiger partial charge on any atom is 0.163 e. The van der Waals surface area contributed by atoms with E-state index in [9.17, 15) is 9.90 Å². The number of nitrogens with zero attached hydrogens (tertiary/aromatic N) is 1. The van der Waals surface area contributed by atoms with E-state index >= 15 is 0 Å². The van der Waals surface area contributed by atoms with Crippen LogP contribution >= 0.6 is 0 Å². The van der Waals surface area contributed by atoms with Gasteiger partial charge >= 0.3 is 0 Å². The lowest BCUT2D eigenvalue weighted by molar-refractivity contribution is -0.132. The van der Waals surface area contributed by atoms with Crippen molar-refractivity contribution in [2.75, 3.05) is 0 Å². The third-order valence-electron chi connectivity index (χ3n) is 6.15. The number of aliphatic hydroxyl groups excluding tert-OH is 1. The SMILES string of the molecule is CCCC[C@@H]([C@H](O)C(=O)CC1CC1)N(Cc1ccccc1)[C@@H](C)c1ccccc1. The van der Waals surface area contributed by atoms with Gasteiger partial charge in [-0.15, -0.1) is 0 Å². The monoisotopic (exact) mass is 393 g/mol.